The number of piperidine rings is 1. The summed E-state index contributed by atoms with van der Waals surface area (Å²) < 4.78 is 5.36. The molecule has 0 radical (unpaired) electrons. The van der Waals surface area contributed by atoms with Crippen LogP contribution in [0.1, 0.15) is 25.7 Å². The molecule has 1 aromatic heterocycles. The molecule has 5 nitrogen and oxygen atoms in total. The third kappa shape index (κ3) is 3.46. The highest BCUT2D eigenvalue weighted by Gasteiger charge is 2.33. The smallest absolute Gasteiger partial charge is 0.225 e. The minimum absolute atomic E-state index is 0.515. The van der Waals surface area contributed by atoms with E-state index in [9.17, 15) is 0 Å². The molecule has 1 aromatic rings. The molecule has 2 aliphatic rings. The van der Waals surface area contributed by atoms with Gasteiger partial charge in [0.15, 0.2) is 0 Å². The molecule has 20 heavy (non-hydrogen) atoms. The lowest BCUT2D eigenvalue weighted by molar-refractivity contribution is 0.149. The molecule has 2 heterocycles. The van der Waals surface area contributed by atoms with Crippen molar-refractivity contribution in [1.29, 1.82) is 0 Å². The minimum atomic E-state index is 0.515. The molecule has 0 spiro atoms. The normalized spacial score (nSPS) is 24.6. The average Bonchev–Trinajstić information content (AvgIpc) is 3.33. The maximum absolute atomic E-state index is 5.36. The van der Waals surface area contributed by atoms with Crippen molar-refractivity contribution in [1.82, 2.24) is 15.3 Å². The Morgan fingerprint density at radius 2 is 2.15 bits per heavy atom. The van der Waals surface area contributed by atoms with Gasteiger partial charge in [-0.05, 0) is 37.7 Å². The van der Waals surface area contributed by atoms with Crippen molar-refractivity contribution in [2.24, 2.45) is 5.92 Å². The first-order chi connectivity index (χ1) is 9.86. The number of methoxy groups -OCH3 is 1. The van der Waals surface area contributed by atoms with Gasteiger partial charge in [-0.3, -0.25) is 0 Å². The SMILES string of the molecule is COCC(NC1CCCN(c2ncccn2)C1)C1CC1. The number of rotatable bonds is 6. The van der Waals surface area contributed by atoms with Crippen molar-refractivity contribution in [2.75, 3.05) is 31.7 Å². The first-order valence-corrected chi connectivity index (χ1v) is 7.64. The molecule has 110 valence electrons. The van der Waals surface area contributed by atoms with Crippen molar-refractivity contribution in [3.05, 3.63) is 18.5 Å². The molecule has 0 aromatic carbocycles. The number of hydrogen-bond donors (Lipinski definition) is 1. The highest BCUT2D eigenvalue weighted by Crippen LogP contribution is 2.33. The van der Waals surface area contributed by atoms with Crippen LogP contribution in [0.25, 0.3) is 0 Å². The first-order valence-electron chi connectivity index (χ1n) is 7.64. The lowest BCUT2D eigenvalue weighted by Gasteiger charge is -2.35. The van der Waals surface area contributed by atoms with E-state index in [4.69, 9.17) is 4.74 Å². The minimum Gasteiger partial charge on any atom is -0.383 e. The summed E-state index contributed by atoms with van der Waals surface area (Å²) in [5.74, 6) is 1.67. The number of ether oxygens (including phenoxy) is 1. The van der Waals surface area contributed by atoms with Gasteiger partial charge < -0.3 is 15.0 Å². The summed E-state index contributed by atoms with van der Waals surface area (Å²) >= 11 is 0. The van der Waals surface area contributed by atoms with Gasteiger partial charge in [0.2, 0.25) is 5.95 Å². The van der Waals surface area contributed by atoms with Gasteiger partial charge in [-0.1, -0.05) is 0 Å². The van der Waals surface area contributed by atoms with Crippen LogP contribution in [0.5, 0.6) is 0 Å². The monoisotopic (exact) mass is 276 g/mol. The molecule has 5 heteroatoms. The number of aromatic nitrogens is 2. The highest BCUT2D eigenvalue weighted by atomic mass is 16.5. The van der Waals surface area contributed by atoms with Crippen LogP contribution in [-0.2, 0) is 4.74 Å². The zero-order valence-corrected chi connectivity index (χ0v) is 12.2. The lowest BCUT2D eigenvalue weighted by atomic mass is 10.0. The van der Waals surface area contributed by atoms with Crippen molar-refractivity contribution in [3.63, 3.8) is 0 Å². The van der Waals surface area contributed by atoms with E-state index in [2.05, 4.69) is 20.2 Å². The van der Waals surface area contributed by atoms with Gasteiger partial charge in [0.05, 0.1) is 6.61 Å². The fraction of sp³-hybridized carbons (Fsp3) is 0.733. The lowest BCUT2D eigenvalue weighted by Crippen LogP contribution is -2.51. The molecule has 3 rings (SSSR count). The molecule has 1 aliphatic carbocycles. The summed E-state index contributed by atoms with van der Waals surface area (Å²) in [6.07, 6.45) is 8.75. The molecule has 1 N–H and O–H groups in total. The van der Waals surface area contributed by atoms with Crippen LogP contribution >= 0.6 is 0 Å². The number of anilines is 1. The summed E-state index contributed by atoms with van der Waals surface area (Å²) in [5.41, 5.74) is 0. The van der Waals surface area contributed by atoms with Crippen molar-refractivity contribution in [3.8, 4) is 0 Å². The molecule has 1 saturated heterocycles. The quantitative estimate of drug-likeness (QED) is 0.852. The standard InChI is InChI=1S/C15H24N4O/c1-20-11-14(12-5-6-12)18-13-4-2-9-19(10-13)15-16-7-3-8-17-15/h3,7-8,12-14,18H,2,4-6,9-11H2,1H3. The second kappa shape index (κ2) is 6.50. The zero-order chi connectivity index (χ0) is 13.8. The van der Waals surface area contributed by atoms with E-state index in [0.717, 1.165) is 31.6 Å². The highest BCUT2D eigenvalue weighted by molar-refractivity contribution is 5.29. The van der Waals surface area contributed by atoms with E-state index in [-0.39, 0.29) is 0 Å². The maximum Gasteiger partial charge on any atom is 0.225 e. The van der Waals surface area contributed by atoms with Gasteiger partial charge >= 0.3 is 0 Å². The Labute approximate surface area is 120 Å². The molecule has 2 unspecified atom stereocenters. The van der Waals surface area contributed by atoms with Crippen LogP contribution in [0, 0.1) is 5.92 Å². The molecule has 0 amide bonds. The Bertz CT molecular complexity index is 410. The van der Waals surface area contributed by atoms with Gasteiger partial charge in [0, 0.05) is 44.7 Å². The number of nitrogens with one attached hydrogen (secondary N) is 1. The van der Waals surface area contributed by atoms with Gasteiger partial charge in [-0.15, -0.1) is 0 Å². The van der Waals surface area contributed by atoms with E-state index in [1.807, 2.05) is 18.5 Å². The Kier molecular flexibility index (Phi) is 4.47. The molecule has 2 fully saturated rings. The van der Waals surface area contributed by atoms with Gasteiger partial charge in [-0.2, -0.15) is 0 Å². The molecule has 1 aliphatic heterocycles. The summed E-state index contributed by atoms with van der Waals surface area (Å²) in [6.45, 7) is 2.88. The third-order valence-corrected chi connectivity index (χ3v) is 4.24. The average molecular weight is 276 g/mol. The van der Waals surface area contributed by atoms with Crippen molar-refractivity contribution >= 4 is 5.95 Å². The van der Waals surface area contributed by atoms with E-state index in [1.165, 1.54) is 25.7 Å². The largest absolute Gasteiger partial charge is 0.383 e. The molecule has 2 atom stereocenters. The van der Waals surface area contributed by atoms with Crippen LogP contribution in [0.4, 0.5) is 5.95 Å². The maximum atomic E-state index is 5.36. The Morgan fingerprint density at radius 3 is 2.85 bits per heavy atom. The second-order valence-corrected chi connectivity index (χ2v) is 5.90. The van der Waals surface area contributed by atoms with Crippen molar-refractivity contribution < 1.29 is 4.74 Å². The van der Waals surface area contributed by atoms with E-state index >= 15 is 0 Å². The molecular formula is C15H24N4O. The van der Waals surface area contributed by atoms with E-state index in [1.54, 1.807) is 7.11 Å². The second-order valence-electron chi connectivity index (χ2n) is 5.90. The molecule has 0 bridgehead atoms. The summed E-state index contributed by atoms with van der Waals surface area (Å²) in [5, 5.41) is 3.80. The fourth-order valence-electron chi connectivity index (χ4n) is 3.05. The number of nitrogens with zero attached hydrogens (tertiary/aromatic N) is 3. The molecule has 1 saturated carbocycles. The van der Waals surface area contributed by atoms with Gasteiger partial charge in [0.1, 0.15) is 0 Å². The summed E-state index contributed by atoms with van der Waals surface area (Å²) in [7, 11) is 1.79. The van der Waals surface area contributed by atoms with E-state index in [0.29, 0.717) is 12.1 Å². The van der Waals surface area contributed by atoms with E-state index < -0.39 is 0 Å². The fourth-order valence-corrected chi connectivity index (χ4v) is 3.05. The van der Waals surface area contributed by atoms with Crippen LogP contribution in [0.15, 0.2) is 18.5 Å². The summed E-state index contributed by atoms with van der Waals surface area (Å²) in [6, 6.07) is 2.90. The third-order valence-electron chi connectivity index (χ3n) is 4.24. The zero-order valence-electron chi connectivity index (χ0n) is 12.2. The Balaban J connectivity index is 1.57. The summed E-state index contributed by atoms with van der Waals surface area (Å²) in [4.78, 5) is 11.0. The van der Waals surface area contributed by atoms with Crippen LogP contribution in [0.3, 0.4) is 0 Å². The van der Waals surface area contributed by atoms with Gasteiger partial charge in [0.25, 0.3) is 0 Å². The topological polar surface area (TPSA) is 50.3 Å². The Morgan fingerprint density at radius 1 is 1.35 bits per heavy atom. The van der Waals surface area contributed by atoms with Crippen LogP contribution in [-0.4, -0.2) is 48.9 Å². The first kappa shape index (κ1) is 13.8. The van der Waals surface area contributed by atoms with Gasteiger partial charge in [-0.25, -0.2) is 9.97 Å². The van der Waals surface area contributed by atoms with Crippen molar-refractivity contribution in [2.45, 2.75) is 37.8 Å². The predicted octanol–water partition coefficient (Wildman–Crippen LogP) is 1.46. The predicted molar refractivity (Wildman–Crippen MR) is 78.8 cm³/mol. The molecular weight excluding hydrogens is 252 g/mol. The van der Waals surface area contributed by atoms with Crippen LogP contribution < -0.4 is 10.2 Å². The van der Waals surface area contributed by atoms with Crippen LogP contribution in [0.2, 0.25) is 0 Å². The Hall–Kier alpha value is -1.20. The number of hydrogen-bond acceptors (Lipinski definition) is 5.